The van der Waals surface area contributed by atoms with Gasteiger partial charge in [-0.3, -0.25) is 0 Å². The lowest BCUT2D eigenvalue weighted by molar-refractivity contribution is 0.156. The van der Waals surface area contributed by atoms with Crippen molar-refractivity contribution in [2.45, 2.75) is 13.3 Å². The highest BCUT2D eigenvalue weighted by atomic mass is 16.5. The highest BCUT2D eigenvalue weighted by Crippen LogP contribution is 2.10. The second kappa shape index (κ2) is 8.80. The molecule has 0 saturated heterocycles. The Kier molecular flexibility index (Phi) is 7.03. The number of benzene rings is 1. The third-order valence-electron chi connectivity index (χ3n) is 2.89. The number of amidine groups is 1. The topological polar surface area (TPSA) is 100 Å². The molecule has 1 aromatic rings. The van der Waals surface area contributed by atoms with E-state index in [9.17, 15) is 4.79 Å². The number of oxime groups is 1. The van der Waals surface area contributed by atoms with Gasteiger partial charge in [-0.25, -0.2) is 4.79 Å². The second-order valence-electron chi connectivity index (χ2n) is 4.62. The van der Waals surface area contributed by atoms with E-state index in [4.69, 9.17) is 15.7 Å². The lowest BCUT2D eigenvalue weighted by atomic mass is 10.2. The Morgan fingerprint density at radius 3 is 2.86 bits per heavy atom. The standard InChI is InChI=1S/C14H22N4O3/c1-11-4-3-5-12(10-11)16-14(19)18(8-9-21-2)7-6-13(15)17-20/h3-5,10,20H,6-9H2,1-2H3,(H2,15,17)(H,16,19). The van der Waals surface area contributed by atoms with Gasteiger partial charge >= 0.3 is 6.03 Å². The van der Waals surface area contributed by atoms with Crippen LogP contribution in [0.15, 0.2) is 29.4 Å². The first-order chi connectivity index (χ1) is 10.1. The van der Waals surface area contributed by atoms with Crippen molar-refractivity contribution < 1.29 is 14.7 Å². The van der Waals surface area contributed by atoms with Crippen molar-refractivity contribution >= 4 is 17.6 Å². The number of amides is 2. The number of ether oxygens (including phenoxy) is 1. The predicted molar refractivity (Wildman–Crippen MR) is 81.7 cm³/mol. The van der Waals surface area contributed by atoms with Crippen LogP contribution < -0.4 is 11.1 Å². The van der Waals surface area contributed by atoms with Crippen LogP contribution >= 0.6 is 0 Å². The summed E-state index contributed by atoms with van der Waals surface area (Å²) in [5.41, 5.74) is 7.22. The van der Waals surface area contributed by atoms with Gasteiger partial charge in [0.2, 0.25) is 0 Å². The van der Waals surface area contributed by atoms with Crippen molar-refractivity contribution in [2.75, 3.05) is 32.1 Å². The van der Waals surface area contributed by atoms with Crippen LogP contribution in [0, 0.1) is 6.92 Å². The molecule has 0 atom stereocenters. The van der Waals surface area contributed by atoms with Crippen molar-refractivity contribution in [3.8, 4) is 0 Å². The zero-order chi connectivity index (χ0) is 15.7. The number of hydrogen-bond donors (Lipinski definition) is 3. The molecule has 7 nitrogen and oxygen atoms in total. The fourth-order valence-corrected chi connectivity index (χ4v) is 1.74. The smallest absolute Gasteiger partial charge is 0.321 e. The summed E-state index contributed by atoms with van der Waals surface area (Å²) in [5.74, 6) is 0.0840. The summed E-state index contributed by atoms with van der Waals surface area (Å²) in [4.78, 5) is 13.8. The van der Waals surface area contributed by atoms with Crippen molar-refractivity contribution in [1.82, 2.24) is 4.90 Å². The fourth-order valence-electron chi connectivity index (χ4n) is 1.74. The molecule has 1 aromatic carbocycles. The molecule has 7 heteroatoms. The van der Waals surface area contributed by atoms with Crippen LogP contribution in [0.25, 0.3) is 0 Å². The third kappa shape index (κ3) is 6.13. The number of nitrogens with zero attached hydrogens (tertiary/aromatic N) is 2. The molecule has 0 heterocycles. The van der Waals surface area contributed by atoms with E-state index in [2.05, 4.69) is 10.5 Å². The summed E-state index contributed by atoms with van der Waals surface area (Å²) in [5, 5.41) is 14.3. The first-order valence-corrected chi connectivity index (χ1v) is 6.64. The summed E-state index contributed by atoms with van der Waals surface area (Å²) in [6.07, 6.45) is 0.293. The Morgan fingerprint density at radius 2 is 2.24 bits per heavy atom. The van der Waals surface area contributed by atoms with Crippen molar-refractivity contribution in [3.63, 3.8) is 0 Å². The Morgan fingerprint density at radius 1 is 1.48 bits per heavy atom. The number of carbonyl (C=O) groups excluding carboxylic acids is 1. The van der Waals surface area contributed by atoms with E-state index >= 15 is 0 Å². The summed E-state index contributed by atoms with van der Waals surface area (Å²) >= 11 is 0. The molecule has 0 aromatic heterocycles. The van der Waals surface area contributed by atoms with E-state index in [1.54, 1.807) is 12.0 Å². The van der Waals surface area contributed by atoms with Gasteiger partial charge in [-0.15, -0.1) is 0 Å². The van der Waals surface area contributed by atoms with E-state index in [1.807, 2.05) is 31.2 Å². The van der Waals surface area contributed by atoms with Gasteiger partial charge in [0.25, 0.3) is 0 Å². The maximum atomic E-state index is 12.2. The van der Waals surface area contributed by atoms with E-state index in [-0.39, 0.29) is 11.9 Å². The second-order valence-corrected chi connectivity index (χ2v) is 4.62. The molecule has 0 unspecified atom stereocenters. The molecule has 0 spiro atoms. The zero-order valence-electron chi connectivity index (χ0n) is 12.4. The summed E-state index contributed by atoms with van der Waals surface area (Å²) in [7, 11) is 1.57. The molecule has 0 radical (unpaired) electrons. The van der Waals surface area contributed by atoms with E-state index in [0.29, 0.717) is 26.1 Å². The summed E-state index contributed by atoms with van der Waals surface area (Å²) in [6.45, 7) is 3.14. The summed E-state index contributed by atoms with van der Waals surface area (Å²) < 4.78 is 4.99. The lowest BCUT2D eigenvalue weighted by Crippen LogP contribution is -2.39. The maximum absolute atomic E-state index is 12.2. The van der Waals surface area contributed by atoms with Gasteiger partial charge in [0.15, 0.2) is 0 Å². The van der Waals surface area contributed by atoms with Crippen molar-refractivity contribution in [2.24, 2.45) is 10.9 Å². The molecule has 0 bridgehead atoms. The Hall–Kier alpha value is -2.28. The molecule has 2 amide bonds. The van der Waals surface area contributed by atoms with Gasteiger partial charge in [0, 0.05) is 32.3 Å². The number of carbonyl (C=O) groups is 1. The largest absolute Gasteiger partial charge is 0.409 e. The number of anilines is 1. The first kappa shape index (κ1) is 16.8. The maximum Gasteiger partial charge on any atom is 0.321 e. The van der Waals surface area contributed by atoms with Crippen LogP contribution in [0.2, 0.25) is 0 Å². The minimum Gasteiger partial charge on any atom is -0.409 e. The molecule has 21 heavy (non-hydrogen) atoms. The molecular weight excluding hydrogens is 272 g/mol. The van der Waals surface area contributed by atoms with Crippen LogP contribution in [-0.4, -0.2) is 48.8 Å². The predicted octanol–water partition coefficient (Wildman–Crippen LogP) is 1.61. The van der Waals surface area contributed by atoms with E-state index in [1.165, 1.54) is 0 Å². The number of methoxy groups -OCH3 is 1. The van der Waals surface area contributed by atoms with Crippen molar-refractivity contribution in [1.29, 1.82) is 0 Å². The monoisotopic (exact) mass is 294 g/mol. The molecule has 0 fully saturated rings. The Bertz CT molecular complexity index is 491. The van der Waals surface area contributed by atoms with Crippen LogP contribution in [0.5, 0.6) is 0 Å². The van der Waals surface area contributed by atoms with Gasteiger partial charge < -0.3 is 25.9 Å². The SMILES string of the molecule is COCCN(CCC(N)=NO)C(=O)Nc1cccc(C)c1. The Labute approximate surface area is 124 Å². The van der Waals surface area contributed by atoms with E-state index in [0.717, 1.165) is 11.3 Å². The van der Waals surface area contributed by atoms with Gasteiger partial charge in [0.05, 0.1) is 6.61 Å². The highest BCUT2D eigenvalue weighted by molar-refractivity contribution is 5.90. The average molecular weight is 294 g/mol. The molecular formula is C14H22N4O3. The van der Waals surface area contributed by atoms with Crippen molar-refractivity contribution in [3.05, 3.63) is 29.8 Å². The third-order valence-corrected chi connectivity index (χ3v) is 2.89. The number of nitrogens with two attached hydrogens (primary N) is 1. The van der Waals surface area contributed by atoms with E-state index < -0.39 is 0 Å². The van der Waals surface area contributed by atoms with Crippen LogP contribution in [-0.2, 0) is 4.74 Å². The first-order valence-electron chi connectivity index (χ1n) is 6.64. The molecule has 0 saturated carbocycles. The van der Waals surface area contributed by atoms with Crippen LogP contribution in [0.4, 0.5) is 10.5 Å². The lowest BCUT2D eigenvalue weighted by Gasteiger charge is -2.22. The average Bonchev–Trinajstić information content (AvgIpc) is 2.46. The number of hydrogen-bond acceptors (Lipinski definition) is 4. The minimum absolute atomic E-state index is 0.0840. The van der Waals surface area contributed by atoms with Gasteiger partial charge in [0.1, 0.15) is 5.84 Å². The number of nitrogens with one attached hydrogen (secondary N) is 1. The minimum atomic E-state index is -0.247. The van der Waals surface area contributed by atoms with Gasteiger partial charge in [-0.1, -0.05) is 17.3 Å². The Balaban J connectivity index is 2.65. The molecule has 0 aliphatic carbocycles. The molecule has 0 aliphatic rings. The van der Waals surface area contributed by atoms with Crippen LogP contribution in [0.3, 0.4) is 0 Å². The van der Waals surface area contributed by atoms with Gasteiger partial charge in [-0.2, -0.15) is 0 Å². The molecule has 116 valence electrons. The molecule has 4 N–H and O–H groups in total. The quantitative estimate of drug-likeness (QED) is 0.308. The normalized spacial score (nSPS) is 11.2. The zero-order valence-corrected chi connectivity index (χ0v) is 12.4. The highest BCUT2D eigenvalue weighted by Gasteiger charge is 2.14. The number of urea groups is 1. The van der Waals surface area contributed by atoms with Gasteiger partial charge in [-0.05, 0) is 24.6 Å². The molecule has 0 aliphatic heterocycles. The summed E-state index contributed by atoms with van der Waals surface area (Å²) in [6, 6.07) is 7.29. The number of aryl methyl sites for hydroxylation is 1. The fraction of sp³-hybridized carbons (Fsp3) is 0.429. The molecule has 1 rings (SSSR count). The number of rotatable bonds is 7. The van der Waals surface area contributed by atoms with Crippen LogP contribution in [0.1, 0.15) is 12.0 Å².